The number of anilines is 1. The van der Waals surface area contributed by atoms with Crippen LogP contribution in [0.1, 0.15) is 15.2 Å². The van der Waals surface area contributed by atoms with Gasteiger partial charge in [-0.2, -0.15) is 0 Å². The third kappa shape index (κ3) is 3.95. The molecular weight excluding hydrogens is 379 g/mol. The molecule has 128 valence electrons. The zero-order chi connectivity index (χ0) is 18.0. The highest BCUT2D eigenvalue weighted by Gasteiger charge is 2.14. The summed E-state index contributed by atoms with van der Waals surface area (Å²) in [5.41, 5.74) is 2.22. The van der Waals surface area contributed by atoms with Gasteiger partial charge >= 0.3 is 0 Å². The molecule has 1 heterocycles. The molecule has 0 bridgehead atoms. The molecule has 3 aromatic rings. The van der Waals surface area contributed by atoms with E-state index < -0.39 is 0 Å². The number of nitrogens with one attached hydrogen (secondary N) is 1. The summed E-state index contributed by atoms with van der Waals surface area (Å²) in [6.07, 6.45) is 0. The van der Waals surface area contributed by atoms with E-state index in [1.54, 1.807) is 19.2 Å². The number of thiazole rings is 1. The van der Waals surface area contributed by atoms with Gasteiger partial charge in [-0.05, 0) is 49.4 Å². The number of aryl methyl sites for hydroxylation is 1. The van der Waals surface area contributed by atoms with Gasteiger partial charge in [-0.3, -0.25) is 10.1 Å². The Morgan fingerprint density at radius 3 is 2.48 bits per heavy atom. The quantitative estimate of drug-likeness (QED) is 0.620. The van der Waals surface area contributed by atoms with Crippen molar-refractivity contribution < 1.29 is 9.53 Å². The summed E-state index contributed by atoms with van der Waals surface area (Å²) in [5.74, 6) is 0.498. The third-order valence-electron chi connectivity index (χ3n) is 3.56. The van der Waals surface area contributed by atoms with Crippen molar-refractivity contribution in [2.45, 2.75) is 6.92 Å². The van der Waals surface area contributed by atoms with Crippen LogP contribution >= 0.6 is 34.5 Å². The van der Waals surface area contributed by atoms with E-state index in [2.05, 4.69) is 10.3 Å². The lowest BCUT2D eigenvalue weighted by Gasteiger charge is -2.03. The monoisotopic (exact) mass is 392 g/mol. The number of halogens is 2. The number of benzene rings is 2. The van der Waals surface area contributed by atoms with Crippen LogP contribution in [0.4, 0.5) is 5.13 Å². The normalized spacial score (nSPS) is 10.6. The second-order valence-corrected chi connectivity index (χ2v) is 7.25. The van der Waals surface area contributed by atoms with Gasteiger partial charge in [-0.1, -0.05) is 23.2 Å². The van der Waals surface area contributed by atoms with Crippen molar-refractivity contribution in [3.63, 3.8) is 0 Å². The Morgan fingerprint density at radius 1 is 1.12 bits per heavy atom. The minimum atomic E-state index is -0.284. The van der Waals surface area contributed by atoms with Crippen LogP contribution in [0.5, 0.6) is 5.75 Å². The van der Waals surface area contributed by atoms with Crippen LogP contribution in [0.25, 0.3) is 11.3 Å². The van der Waals surface area contributed by atoms with Gasteiger partial charge in [0.25, 0.3) is 5.91 Å². The van der Waals surface area contributed by atoms with Crippen molar-refractivity contribution in [3.05, 3.63) is 63.0 Å². The summed E-state index contributed by atoms with van der Waals surface area (Å²) in [7, 11) is 1.62. The number of amides is 1. The molecule has 1 aromatic heterocycles. The van der Waals surface area contributed by atoms with Crippen molar-refractivity contribution in [3.8, 4) is 17.0 Å². The average Bonchev–Trinajstić information content (AvgIpc) is 2.97. The fourth-order valence-electron chi connectivity index (χ4n) is 2.27. The molecule has 0 aliphatic carbocycles. The van der Waals surface area contributed by atoms with E-state index in [0.717, 1.165) is 21.9 Å². The first-order chi connectivity index (χ1) is 12.0. The summed E-state index contributed by atoms with van der Waals surface area (Å²) in [4.78, 5) is 17.9. The smallest absolute Gasteiger partial charge is 0.257 e. The van der Waals surface area contributed by atoms with Crippen LogP contribution < -0.4 is 10.1 Å². The van der Waals surface area contributed by atoms with Crippen molar-refractivity contribution in [1.29, 1.82) is 0 Å². The van der Waals surface area contributed by atoms with Crippen LogP contribution in [0.15, 0.2) is 42.5 Å². The molecule has 7 heteroatoms. The Balaban J connectivity index is 1.81. The highest BCUT2D eigenvalue weighted by Crippen LogP contribution is 2.31. The molecule has 2 aromatic carbocycles. The second-order valence-electron chi connectivity index (χ2n) is 5.24. The predicted molar refractivity (Wildman–Crippen MR) is 103 cm³/mol. The largest absolute Gasteiger partial charge is 0.497 e. The molecule has 0 saturated carbocycles. The zero-order valence-electron chi connectivity index (χ0n) is 13.5. The zero-order valence-corrected chi connectivity index (χ0v) is 15.8. The molecule has 0 aliphatic heterocycles. The van der Waals surface area contributed by atoms with Gasteiger partial charge in [0.1, 0.15) is 5.75 Å². The summed E-state index contributed by atoms with van der Waals surface area (Å²) >= 11 is 13.3. The number of carbonyl (C=O) groups is 1. The van der Waals surface area contributed by atoms with E-state index in [0.29, 0.717) is 20.7 Å². The second kappa shape index (κ2) is 7.44. The third-order valence-corrected chi connectivity index (χ3v) is 5.19. The molecule has 3 rings (SSSR count). The van der Waals surface area contributed by atoms with Crippen LogP contribution in [0.2, 0.25) is 10.0 Å². The van der Waals surface area contributed by atoms with Crippen molar-refractivity contribution in [2.75, 3.05) is 12.4 Å². The molecule has 25 heavy (non-hydrogen) atoms. The standard InChI is InChI=1S/C18H14Cl2N2O2S/c1-10-16(11-3-6-13(24-2)7-4-11)21-18(25-10)22-17(23)12-5-8-14(19)15(20)9-12/h3-9H,1-2H3,(H,21,22,23). The SMILES string of the molecule is COc1ccc(-c2nc(NC(=O)c3ccc(Cl)c(Cl)c3)sc2C)cc1. The molecule has 4 nitrogen and oxygen atoms in total. The van der Waals surface area contributed by atoms with Gasteiger partial charge in [-0.15, -0.1) is 11.3 Å². The van der Waals surface area contributed by atoms with Crippen molar-refractivity contribution in [1.82, 2.24) is 4.98 Å². The number of hydrogen-bond donors (Lipinski definition) is 1. The Hall–Kier alpha value is -2.08. The fraction of sp³-hybridized carbons (Fsp3) is 0.111. The molecule has 0 unspecified atom stereocenters. The van der Waals surface area contributed by atoms with Gasteiger partial charge in [0.05, 0.1) is 22.8 Å². The number of carbonyl (C=O) groups excluding carboxylic acids is 1. The molecular formula is C18H14Cl2N2O2S. The van der Waals surface area contributed by atoms with E-state index in [-0.39, 0.29) is 5.91 Å². The number of nitrogens with zero attached hydrogens (tertiary/aromatic N) is 1. The highest BCUT2D eigenvalue weighted by atomic mass is 35.5. The number of ether oxygens (including phenoxy) is 1. The predicted octanol–water partition coefficient (Wildman–Crippen LogP) is 5.69. The van der Waals surface area contributed by atoms with E-state index in [1.165, 1.54) is 17.4 Å². The fourth-order valence-corrected chi connectivity index (χ4v) is 3.40. The molecule has 0 atom stereocenters. The van der Waals surface area contributed by atoms with Crippen molar-refractivity contribution >= 4 is 45.6 Å². The van der Waals surface area contributed by atoms with E-state index in [9.17, 15) is 4.79 Å². The molecule has 0 radical (unpaired) electrons. The maximum absolute atomic E-state index is 12.4. The van der Waals surface area contributed by atoms with Crippen LogP contribution in [0, 0.1) is 6.92 Å². The maximum atomic E-state index is 12.4. The van der Waals surface area contributed by atoms with Gasteiger partial charge in [0.15, 0.2) is 5.13 Å². The van der Waals surface area contributed by atoms with Crippen LogP contribution in [0.3, 0.4) is 0 Å². The first-order valence-corrected chi connectivity index (χ1v) is 8.93. The average molecular weight is 393 g/mol. The first kappa shape index (κ1) is 17.7. The minimum Gasteiger partial charge on any atom is -0.497 e. The van der Waals surface area contributed by atoms with Gasteiger partial charge in [0, 0.05) is 16.0 Å². The van der Waals surface area contributed by atoms with Crippen molar-refractivity contribution in [2.24, 2.45) is 0 Å². The van der Waals surface area contributed by atoms with Crippen LogP contribution in [-0.2, 0) is 0 Å². The molecule has 0 saturated heterocycles. The number of methoxy groups -OCH3 is 1. The summed E-state index contributed by atoms with van der Waals surface area (Å²) in [6, 6.07) is 12.4. The van der Waals surface area contributed by atoms with E-state index >= 15 is 0 Å². The molecule has 0 spiro atoms. The van der Waals surface area contributed by atoms with Gasteiger partial charge in [0.2, 0.25) is 0 Å². The van der Waals surface area contributed by atoms with E-state index in [1.807, 2.05) is 31.2 Å². The highest BCUT2D eigenvalue weighted by molar-refractivity contribution is 7.16. The van der Waals surface area contributed by atoms with Gasteiger partial charge < -0.3 is 4.74 Å². The Bertz CT molecular complexity index is 923. The number of rotatable bonds is 4. The Morgan fingerprint density at radius 2 is 1.84 bits per heavy atom. The summed E-state index contributed by atoms with van der Waals surface area (Å²) in [6.45, 7) is 1.96. The molecule has 1 amide bonds. The molecule has 1 N–H and O–H groups in total. The topological polar surface area (TPSA) is 51.2 Å². The van der Waals surface area contributed by atoms with Crippen LogP contribution in [-0.4, -0.2) is 18.0 Å². The Labute approximate surface area is 159 Å². The lowest BCUT2D eigenvalue weighted by Crippen LogP contribution is -2.11. The summed E-state index contributed by atoms with van der Waals surface area (Å²) < 4.78 is 5.17. The first-order valence-electron chi connectivity index (χ1n) is 7.36. The summed E-state index contributed by atoms with van der Waals surface area (Å²) in [5, 5.41) is 4.07. The molecule has 0 aliphatic rings. The number of hydrogen-bond acceptors (Lipinski definition) is 4. The number of aromatic nitrogens is 1. The Kier molecular flexibility index (Phi) is 5.27. The lowest BCUT2D eigenvalue weighted by atomic mass is 10.1. The maximum Gasteiger partial charge on any atom is 0.257 e. The van der Waals surface area contributed by atoms with E-state index in [4.69, 9.17) is 27.9 Å². The molecule has 0 fully saturated rings. The van der Waals surface area contributed by atoms with Gasteiger partial charge in [-0.25, -0.2) is 4.98 Å². The lowest BCUT2D eigenvalue weighted by molar-refractivity contribution is 0.102. The minimum absolute atomic E-state index is 0.284.